The molecule has 1 N–H and O–H groups in total. The summed E-state index contributed by atoms with van der Waals surface area (Å²) >= 11 is 3.41. The van der Waals surface area contributed by atoms with E-state index in [9.17, 15) is 9.59 Å². The minimum absolute atomic E-state index is 0.0159. The van der Waals surface area contributed by atoms with Crippen LogP contribution in [0.2, 0.25) is 0 Å². The summed E-state index contributed by atoms with van der Waals surface area (Å²) in [5.74, 6) is -0.0804. The summed E-state index contributed by atoms with van der Waals surface area (Å²) in [5, 5.41) is 2.96. The Labute approximate surface area is 147 Å². The van der Waals surface area contributed by atoms with E-state index in [4.69, 9.17) is 0 Å². The summed E-state index contributed by atoms with van der Waals surface area (Å²) in [7, 11) is 0. The first kappa shape index (κ1) is 19.7. The van der Waals surface area contributed by atoms with Crippen molar-refractivity contribution in [2.75, 3.05) is 0 Å². The van der Waals surface area contributed by atoms with Crippen LogP contribution in [-0.4, -0.2) is 28.8 Å². The summed E-state index contributed by atoms with van der Waals surface area (Å²) < 4.78 is 0.996. The van der Waals surface area contributed by atoms with Crippen molar-refractivity contribution in [2.45, 2.75) is 65.6 Å². The lowest BCUT2D eigenvalue weighted by molar-refractivity contribution is -0.140. The molecule has 0 aliphatic rings. The van der Waals surface area contributed by atoms with Gasteiger partial charge in [0.25, 0.3) is 0 Å². The molecule has 0 heterocycles. The molecule has 1 aromatic rings. The summed E-state index contributed by atoms with van der Waals surface area (Å²) in [6, 6.07) is 7.46. The molecule has 0 saturated carbocycles. The number of rotatable bonds is 8. The molecule has 1 rings (SSSR count). The minimum atomic E-state index is -0.480. The largest absolute Gasteiger partial charge is 0.352 e. The van der Waals surface area contributed by atoms with Gasteiger partial charge in [-0.25, -0.2) is 0 Å². The predicted octanol–water partition coefficient (Wildman–Crippen LogP) is 3.88. The molecule has 2 amide bonds. The van der Waals surface area contributed by atoms with Gasteiger partial charge in [0, 0.05) is 23.5 Å². The zero-order valence-electron chi connectivity index (χ0n) is 14.4. The molecule has 0 bridgehead atoms. The fraction of sp³-hybridized carbons (Fsp3) is 0.556. The smallest absolute Gasteiger partial charge is 0.242 e. The quantitative estimate of drug-likeness (QED) is 0.741. The Kier molecular flexibility index (Phi) is 8.31. The average Bonchev–Trinajstić information content (AvgIpc) is 2.53. The number of halogens is 1. The third kappa shape index (κ3) is 6.34. The van der Waals surface area contributed by atoms with Crippen molar-refractivity contribution in [3.63, 3.8) is 0 Å². The van der Waals surface area contributed by atoms with Gasteiger partial charge in [0.1, 0.15) is 6.04 Å². The molecule has 128 valence electrons. The first-order valence-electron chi connectivity index (χ1n) is 8.23. The summed E-state index contributed by atoms with van der Waals surface area (Å²) in [6.07, 6.45) is 2.10. The van der Waals surface area contributed by atoms with Gasteiger partial charge >= 0.3 is 0 Å². The highest BCUT2D eigenvalue weighted by Gasteiger charge is 2.26. The van der Waals surface area contributed by atoms with Crippen molar-refractivity contribution in [1.82, 2.24) is 10.2 Å². The van der Waals surface area contributed by atoms with Gasteiger partial charge in [-0.1, -0.05) is 41.9 Å². The molecular formula is C18H27BrN2O2. The zero-order valence-corrected chi connectivity index (χ0v) is 16.0. The van der Waals surface area contributed by atoms with E-state index < -0.39 is 6.04 Å². The number of benzene rings is 1. The van der Waals surface area contributed by atoms with Gasteiger partial charge in [0.2, 0.25) is 11.8 Å². The second-order valence-corrected chi connectivity index (χ2v) is 6.81. The molecule has 0 radical (unpaired) electrons. The fourth-order valence-corrected chi connectivity index (χ4v) is 2.46. The maximum Gasteiger partial charge on any atom is 0.242 e. The Morgan fingerprint density at radius 3 is 2.30 bits per heavy atom. The Bertz CT molecular complexity index is 516. The monoisotopic (exact) mass is 382 g/mol. The molecule has 1 aromatic carbocycles. The molecule has 0 saturated heterocycles. The van der Waals surface area contributed by atoms with Crippen molar-refractivity contribution in [2.24, 2.45) is 0 Å². The van der Waals surface area contributed by atoms with Crippen LogP contribution in [0.15, 0.2) is 28.7 Å². The lowest BCUT2D eigenvalue weighted by atomic mass is 10.1. The van der Waals surface area contributed by atoms with Gasteiger partial charge in [0.15, 0.2) is 0 Å². The second kappa shape index (κ2) is 9.71. The maximum absolute atomic E-state index is 12.5. The molecule has 5 heteroatoms. The van der Waals surface area contributed by atoms with Crippen molar-refractivity contribution >= 4 is 27.7 Å². The number of nitrogens with one attached hydrogen (secondary N) is 1. The van der Waals surface area contributed by atoms with Crippen LogP contribution in [0.1, 0.15) is 52.5 Å². The second-order valence-electron chi connectivity index (χ2n) is 5.89. The van der Waals surface area contributed by atoms with Gasteiger partial charge < -0.3 is 10.2 Å². The third-order valence-corrected chi connectivity index (χ3v) is 4.43. The number of nitrogens with zero attached hydrogens (tertiary/aromatic N) is 1. The van der Waals surface area contributed by atoms with Gasteiger partial charge in [-0.2, -0.15) is 0 Å². The number of carbonyl (C=O) groups excluding carboxylic acids is 2. The Balaban J connectivity index is 2.88. The lowest BCUT2D eigenvalue weighted by Crippen LogP contribution is -2.49. The summed E-state index contributed by atoms with van der Waals surface area (Å²) in [5.41, 5.74) is 1.01. The maximum atomic E-state index is 12.5. The van der Waals surface area contributed by atoms with E-state index in [1.807, 2.05) is 45.0 Å². The van der Waals surface area contributed by atoms with Gasteiger partial charge in [0.05, 0.1) is 0 Å². The van der Waals surface area contributed by atoms with Crippen LogP contribution >= 0.6 is 15.9 Å². The van der Waals surface area contributed by atoms with Crippen LogP contribution in [0.3, 0.4) is 0 Å². The van der Waals surface area contributed by atoms with E-state index in [1.165, 1.54) is 0 Å². The molecule has 0 aliphatic carbocycles. The van der Waals surface area contributed by atoms with E-state index in [1.54, 1.807) is 11.8 Å². The Hall–Kier alpha value is -1.36. The first-order valence-corrected chi connectivity index (χ1v) is 9.02. The molecule has 0 unspecified atom stereocenters. The Morgan fingerprint density at radius 2 is 1.78 bits per heavy atom. The van der Waals surface area contributed by atoms with Gasteiger partial charge in [-0.3, -0.25) is 9.59 Å². The van der Waals surface area contributed by atoms with E-state index >= 15 is 0 Å². The fourth-order valence-electron chi connectivity index (χ4n) is 2.19. The van der Waals surface area contributed by atoms with Crippen molar-refractivity contribution in [3.8, 4) is 0 Å². The zero-order chi connectivity index (χ0) is 17.4. The van der Waals surface area contributed by atoms with Crippen LogP contribution in [0.4, 0.5) is 0 Å². The highest BCUT2D eigenvalue weighted by atomic mass is 79.9. The first-order chi connectivity index (χ1) is 10.9. The molecule has 0 aromatic heterocycles. The molecule has 4 nitrogen and oxygen atoms in total. The highest BCUT2D eigenvalue weighted by Crippen LogP contribution is 2.15. The molecular weight excluding hydrogens is 356 g/mol. The molecule has 23 heavy (non-hydrogen) atoms. The minimum Gasteiger partial charge on any atom is -0.352 e. The van der Waals surface area contributed by atoms with Crippen LogP contribution in [-0.2, 0) is 16.1 Å². The summed E-state index contributed by atoms with van der Waals surface area (Å²) in [6.45, 7) is 8.21. The molecule has 0 aliphatic heterocycles. The van der Waals surface area contributed by atoms with Crippen molar-refractivity contribution in [1.29, 1.82) is 0 Å². The topological polar surface area (TPSA) is 49.4 Å². The van der Waals surface area contributed by atoms with E-state index in [0.29, 0.717) is 13.0 Å². The number of hydrogen-bond acceptors (Lipinski definition) is 2. The Morgan fingerprint density at radius 1 is 1.17 bits per heavy atom. The predicted molar refractivity (Wildman–Crippen MR) is 97.0 cm³/mol. The van der Waals surface area contributed by atoms with Crippen LogP contribution in [0.25, 0.3) is 0 Å². The highest BCUT2D eigenvalue weighted by molar-refractivity contribution is 9.10. The van der Waals surface area contributed by atoms with E-state index in [2.05, 4.69) is 21.2 Å². The number of carbonyl (C=O) groups is 2. The number of hydrogen-bond donors (Lipinski definition) is 1. The van der Waals surface area contributed by atoms with Gasteiger partial charge in [-0.15, -0.1) is 0 Å². The summed E-state index contributed by atoms with van der Waals surface area (Å²) in [4.78, 5) is 26.5. The molecule has 0 spiro atoms. The standard InChI is InChI=1S/C18H27BrN2O2/c1-5-7-17(22)21(12-15-8-10-16(19)11-9-15)14(4)18(23)20-13(3)6-2/h8-11,13-14H,5-7,12H2,1-4H3,(H,20,23)/t13-,14+/m1/s1. The van der Waals surface area contributed by atoms with Crippen molar-refractivity contribution in [3.05, 3.63) is 34.3 Å². The van der Waals surface area contributed by atoms with E-state index in [-0.39, 0.29) is 17.9 Å². The SMILES string of the molecule is CCCC(=O)N(Cc1ccc(Br)cc1)[C@@H](C)C(=O)N[C@H](C)CC. The molecule has 0 fully saturated rings. The van der Waals surface area contributed by atoms with Crippen LogP contribution in [0, 0.1) is 0 Å². The van der Waals surface area contributed by atoms with Crippen molar-refractivity contribution < 1.29 is 9.59 Å². The van der Waals surface area contributed by atoms with Crippen LogP contribution < -0.4 is 5.32 Å². The normalized spacial score (nSPS) is 13.3. The third-order valence-electron chi connectivity index (χ3n) is 3.90. The van der Waals surface area contributed by atoms with Gasteiger partial charge in [-0.05, 0) is 44.4 Å². The number of amides is 2. The molecule has 2 atom stereocenters. The lowest BCUT2D eigenvalue weighted by Gasteiger charge is -2.29. The van der Waals surface area contributed by atoms with E-state index in [0.717, 1.165) is 22.9 Å². The average molecular weight is 383 g/mol. The van der Waals surface area contributed by atoms with Crippen LogP contribution in [0.5, 0.6) is 0 Å².